The highest BCUT2D eigenvalue weighted by molar-refractivity contribution is 5.53. The predicted molar refractivity (Wildman–Crippen MR) is 268 cm³/mol. The fourth-order valence-electron chi connectivity index (χ4n) is 10.0. The van der Waals surface area contributed by atoms with Gasteiger partial charge in [-0.1, -0.05) is 243 Å². The SMILES string of the molecule is OC(CCN(Cc1ccccc1)Cc1ccccc1)(c1cn(C(c2ccccc2)(c2ccccc2)c2ccccc2)cn1)c1cn(C(c2ccccc2)(c2ccccc2)c2ccccc2)cn1. The Hall–Kier alpha value is -7.90. The zero-order chi connectivity index (χ0) is 45.4. The highest BCUT2D eigenvalue weighted by atomic mass is 16.3. The molecule has 0 aliphatic rings. The van der Waals surface area contributed by atoms with Crippen LogP contribution in [0.4, 0.5) is 0 Å². The molecule has 0 saturated carbocycles. The van der Waals surface area contributed by atoms with Crippen LogP contribution in [-0.2, 0) is 29.8 Å². The molecule has 328 valence electrons. The molecule has 6 nitrogen and oxygen atoms in total. The lowest BCUT2D eigenvalue weighted by atomic mass is 9.76. The van der Waals surface area contributed by atoms with E-state index >= 15 is 0 Å². The van der Waals surface area contributed by atoms with Crippen LogP contribution in [0.1, 0.15) is 62.3 Å². The van der Waals surface area contributed by atoms with E-state index in [1.54, 1.807) is 0 Å². The number of nitrogens with zero attached hydrogens (tertiary/aromatic N) is 5. The summed E-state index contributed by atoms with van der Waals surface area (Å²) in [5.74, 6) is 0. The molecule has 2 heterocycles. The average Bonchev–Trinajstić information content (AvgIpc) is 4.12. The van der Waals surface area contributed by atoms with Crippen molar-refractivity contribution in [2.75, 3.05) is 6.54 Å². The van der Waals surface area contributed by atoms with Crippen LogP contribution < -0.4 is 0 Å². The zero-order valence-corrected chi connectivity index (χ0v) is 37.4. The van der Waals surface area contributed by atoms with E-state index in [2.05, 4.69) is 257 Å². The Morgan fingerprint density at radius 3 is 0.881 bits per heavy atom. The number of aromatic nitrogens is 4. The van der Waals surface area contributed by atoms with Gasteiger partial charge >= 0.3 is 0 Å². The maximum absolute atomic E-state index is 13.9. The minimum absolute atomic E-state index is 0.310. The molecule has 2 aromatic heterocycles. The quantitative estimate of drug-likeness (QED) is 0.0926. The largest absolute Gasteiger partial charge is 0.377 e. The molecule has 1 N–H and O–H groups in total. The lowest BCUT2D eigenvalue weighted by molar-refractivity contribution is 0.0473. The summed E-state index contributed by atoms with van der Waals surface area (Å²) < 4.78 is 4.36. The fourth-order valence-corrected chi connectivity index (χ4v) is 10.0. The van der Waals surface area contributed by atoms with E-state index in [1.807, 2.05) is 25.0 Å². The highest BCUT2D eigenvalue weighted by Crippen LogP contribution is 2.45. The molecular weight excluding hydrogens is 819 g/mol. The first-order chi connectivity index (χ1) is 33.1. The number of hydrogen-bond acceptors (Lipinski definition) is 4. The van der Waals surface area contributed by atoms with Crippen LogP contribution in [-0.4, -0.2) is 35.7 Å². The van der Waals surface area contributed by atoms with Crippen molar-refractivity contribution in [1.29, 1.82) is 0 Å². The lowest BCUT2D eigenvalue weighted by Crippen LogP contribution is -2.38. The van der Waals surface area contributed by atoms with Crippen LogP contribution in [0.15, 0.2) is 268 Å². The molecule has 0 fully saturated rings. The van der Waals surface area contributed by atoms with E-state index in [1.165, 1.54) is 11.1 Å². The van der Waals surface area contributed by atoms with Gasteiger partial charge in [-0.3, -0.25) is 4.90 Å². The minimum Gasteiger partial charge on any atom is -0.377 e. The van der Waals surface area contributed by atoms with Gasteiger partial charge in [0.2, 0.25) is 0 Å². The molecule has 0 radical (unpaired) electrons. The predicted octanol–water partition coefficient (Wildman–Crippen LogP) is 12.1. The van der Waals surface area contributed by atoms with Gasteiger partial charge in [0.25, 0.3) is 0 Å². The Morgan fingerprint density at radius 2 is 0.612 bits per heavy atom. The molecule has 0 bridgehead atoms. The Bertz CT molecular complexity index is 2670. The average molecular weight is 872 g/mol. The number of hydrogen-bond donors (Lipinski definition) is 1. The van der Waals surface area contributed by atoms with Crippen molar-refractivity contribution in [3.63, 3.8) is 0 Å². The molecule has 0 aliphatic heterocycles. The number of rotatable bonds is 17. The number of imidazole rings is 2. The lowest BCUT2D eigenvalue weighted by Gasteiger charge is -2.38. The van der Waals surface area contributed by atoms with E-state index < -0.39 is 16.7 Å². The van der Waals surface area contributed by atoms with Crippen molar-refractivity contribution in [2.24, 2.45) is 0 Å². The summed E-state index contributed by atoms with van der Waals surface area (Å²) in [5.41, 5.74) is 6.53. The summed E-state index contributed by atoms with van der Waals surface area (Å²) in [4.78, 5) is 12.9. The number of benzene rings is 8. The first-order valence-electron chi connectivity index (χ1n) is 23.0. The summed E-state index contributed by atoms with van der Waals surface area (Å²) in [5, 5.41) is 13.9. The Morgan fingerprint density at radius 1 is 0.358 bits per heavy atom. The summed E-state index contributed by atoms with van der Waals surface area (Å²) in [6, 6.07) is 84.6. The highest BCUT2D eigenvalue weighted by Gasteiger charge is 2.44. The molecule has 6 heteroatoms. The van der Waals surface area contributed by atoms with Gasteiger partial charge < -0.3 is 14.2 Å². The van der Waals surface area contributed by atoms with Crippen molar-refractivity contribution < 1.29 is 5.11 Å². The van der Waals surface area contributed by atoms with Crippen LogP contribution in [0, 0.1) is 0 Å². The van der Waals surface area contributed by atoms with Crippen LogP contribution in [0.5, 0.6) is 0 Å². The van der Waals surface area contributed by atoms with E-state index in [-0.39, 0.29) is 0 Å². The first kappa shape index (κ1) is 43.0. The summed E-state index contributed by atoms with van der Waals surface area (Å²) >= 11 is 0. The van der Waals surface area contributed by atoms with Crippen molar-refractivity contribution >= 4 is 0 Å². The van der Waals surface area contributed by atoms with Gasteiger partial charge in [0.15, 0.2) is 5.60 Å². The van der Waals surface area contributed by atoms with Crippen LogP contribution in [0.25, 0.3) is 0 Å². The summed E-state index contributed by atoms with van der Waals surface area (Å²) in [6.07, 6.45) is 8.17. The normalized spacial score (nSPS) is 12.0. The number of aliphatic hydroxyl groups is 1. The Labute approximate surface area is 393 Å². The molecule has 10 aromatic rings. The molecule has 0 unspecified atom stereocenters. The molecule has 0 aliphatic carbocycles. The standard InChI is InChI=1S/C61H53N5O/c67-59(41-42-64(43-49-25-9-1-10-26-49)44-50-27-11-2-12-28-50,57-45-65(47-62-57)60(51-29-13-3-14-30-51,52-31-15-4-16-32-52)53-33-17-5-18-34-53)58-46-66(48-63-58)61(54-35-19-6-20-36-54,55-37-21-7-22-38-55)56-39-23-8-24-40-56/h1-40,45-48,67H,41-44H2. The zero-order valence-electron chi connectivity index (χ0n) is 37.4. The minimum atomic E-state index is -1.65. The Balaban J connectivity index is 1.17. The summed E-state index contributed by atoms with van der Waals surface area (Å²) in [7, 11) is 0. The second-order valence-corrected chi connectivity index (χ2v) is 17.2. The van der Waals surface area contributed by atoms with Crippen molar-refractivity contribution in [1.82, 2.24) is 24.0 Å². The van der Waals surface area contributed by atoms with Gasteiger partial charge in [-0.05, 0) is 44.5 Å². The Kier molecular flexibility index (Phi) is 12.4. The topological polar surface area (TPSA) is 59.1 Å². The molecule has 67 heavy (non-hydrogen) atoms. The molecule has 0 amide bonds. The fraction of sp³-hybridized carbons (Fsp3) is 0.115. The van der Waals surface area contributed by atoms with Crippen LogP contribution >= 0.6 is 0 Å². The maximum Gasteiger partial charge on any atom is 0.152 e. The van der Waals surface area contributed by atoms with Gasteiger partial charge in [-0.15, -0.1) is 0 Å². The third-order valence-corrected chi connectivity index (χ3v) is 13.2. The van der Waals surface area contributed by atoms with Gasteiger partial charge in [-0.25, -0.2) is 9.97 Å². The van der Waals surface area contributed by atoms with Crippen LogP contribution in [0.3, 0.4) is 0 Å². The second kappa shape index (κ2) is 19.3. The molecular formula is C61H53N5O. The third-order valence-electron chi connectivity index (χ3n) is 13.2. The van der Waals surface area contributed by atoms with E-state index in [9.17, 15) is 5.11 Å². The van der Waals surface area contributed by atoms with Crippen molar-refractivity contribution in [3.8, 4) is 0 Å². The molecule has 0 atom stereocenters. The van der Waals surface area contributed by atoms with E-state index in [0.717, 1.165) is 33.4 Å². The molecule has 10 rings (SSSR count). The van der Waals surface area contributed by atoms with Gasteiger partial charge in [0.05, 0.1) is 24.0 Å². The second-order valence-electron chi connectivity index (χ2n) is 17.2. The maximum atomic E-state index is 13.9. The first-order valence-corrected chi connectivity index (χ1v) is 23.0. The smallest absolute Gasteiger partial charge is 0.152 e. The third kappa shape index (κ3) is 8.34. The molecule has 8 aromatic carbocycles. The van der Waals surface area contributed by atoms with Crippen molar-refractivity contribution in [2.45, 2.75) is 36.2 Å². The van der Waals surface area contributed by atoms with Crippen molar-refractivity contribution in [3.05, 3.63) is 324 Å². The summed E-state index contributed by atoms with van der Waals surface area (Å²) in [6.45, 7) is 1.95. The molecule has 0 spiro atoms. The van der Waals surface area contributed by atoms with Gasteiger partial charge in [0, 0.05) is 38.4 Å². The van der Waals surface area contributed by atoms with E-state index in [4.69, 9.17) is 9.97 Å². The van der Waals surface area contributed by atoms with E-state index in [0.29, 0.717) is 37.4 Å². The van der Waals surface area contributed by atoms with Gasteiger partial charge in [0.1, 0.15) is 11.1 Å². The van der Waals surface area contributed by atoms with Crippen LogP contribution in [0.2, 0.25) is 0 Å². The van der Waals surface area contributed by atoms with Gasteiger partial charge in [-0.2, -0.15) is 0 Å². The monoisotopic (exact) mass is 871 g/mol. The molecule has 0 saturated heterocycles.